The molecule has 3 aromatic carbocycles. The molecule has 5 nitrogen and oxygen atoms in total. The van der Waals surface area contributed by atoms with Gasteiger partial charge in [0.05, 0.1) is 11.8 Å². The van der Waals surface area contributed by atoms with Crippen LogP contribution in [0.2, 0.25) is 0 Å². The lowest BCUT2D eigenvalue weighted by Crippen LogP contribution is -2.31. The van der Waals surface area contributed by atoms with Crippen LogP contribution in [0.5, 0.6) is 0 Å². The van der Waals surface area contributed by atoms with Crippen LogP contribution in [-0.4, -0.2) is 21.9 Å². The Bertz CT molecular complexity index is 1130. The van der Waals surface area contributed by atoms with Gasteiger partial charge in [0.25, 0.3) is 5.22 Å². The van der Waals surface area contributed by atoms with E-state index in [0.29, 0.717) is 11.1 Å². The second-order valence-corrected chi connectivity index (χ2v) is 8.18. The molecular weight excluding hydrogens is 406 g/mol. The minimum absolute atomic E-state index is 0.0786. The van der Waals surface area contributed by atoms with Gasteiger partial charge in [0.1, 0.15) is 0 Å². The van der Waals surface area contributed by atoms with Crippen LogP contribution in [-0.2, 0) is 11.2 Å². The molecule has 0 aliphatic heterocycles. The first-order valence-corrected chi connectivity index (χ1v) is 11.1. The molecule has 0 radical (unpaired) electrons. The summed E-state index contributed by atoms with van der Waals surface area (Å²) in [6.45, 7) is 2.01. The molecule has 1 aromatic heterocycles. The van der Waals surface area contributed by atoms with Crippen molar-refractivity contribution in [3.8, 4) is 11.5 Å². The summed E-state index contributed by atoms with van der Waals surface area (Å²) < 4.78 is 5.72. The monoisotopic (exact) mass is 429 g/mol. The van der Waals surface area contributed by atoms with Gasteiger partial charge >= 0.3 is 0 Å². The van der Waals surface area contributed by atoms with Gasteiger partial charge in [-0.15, -0.1) is 10.2 Å². The molecule has 31 heavy (non-hydrogen) atoms. The van der Waals surface area contributed by atoms with Gasteiger partial charge in [-0.2, -0.15) is 0 Å². The molecule has 1 unspecified atom stereocenters. The number of nitrogens with zero attached hydrogens (tertiary/aromatic N) is 2. The van der Waals surface area contributed by atoms with E-state index in [4.69, 9.17) is 4.42 Å². The van der Waals surface area contributed by atoms with Crippen LogP contribution in [0.4, 0.5) is 0 Å². The van der Waals surface area contributed by atoms with Crippen molar-refractivity contribution in [2.45, 2.75) is 24.6 Å². The molecule has 0 bridgehead atoms. The Morgan fingerprint density at radius 2 is 1.71 bits per heavy atom. The Balaban J connectivity index is 1.39. The molecule has 4 aromatic rings. The molecular formula is C25H23N3O2S. The highest BCUT2D eigenvalue weighted by Crippen LogP contribution is 2.24. The van der Waals surface area contributed by atoms with E-state index in [-0.39, 0.29) is 17.7 Å². The van der Waals surface area contributed by atoms with Crippen molar-refractivity contribution in [1.82, 2.24) is 15.5 Å². The first-order valence-electron chi connectivity index (χ1n) is 10.1. The number of thioether (sulfide) groups is 1. The van der Waals surface area contributed by atoms with Gasteiger partial charge in [-0.1, -0.05) is 90.1 Å². The maximum absolute atomic E-state index is 12.7. The zero-order valence-electron chi connectivity index (χ0n) is 17.2. The van der Waals surface area contributed by atoms with Crippen molar-refractivity contribution < 1.29 is 9.21 Å². The molecule has 0 aliphatic rings. The third-order valence-electron chi connectivity index (χ3n) is 4.82. The van der Waals surface area contributed by atoms with Gasteiger partial charge in [0.2, 0.25) is 11.8 Å². The molecule has 0 spiro atoms. The summed E-state index contributed by atoms with van der Waals surface area (Å²) in [5, 5.41) is 11.7. The summed E-state index contributed by atoms with van der Waals surface area (Å²) in [6, 6.07) is 27.9. The summed E-state index contributed by atoms with van der Waals surface area (Å²) in [6.07, 6.45) is 0.722. The maximum atomic E-state index is 12.7. The number of hydrogen-bond acceptors (Lipinski definition) is 5. The highest BCUT2D eigenvalue weighted by molar-refractivity contribution is 7.99. The van der Waals surface area contributed by atoms with Crippen molar-refractivity contribution in [2.75, 3.05) is 5.75 Å². The lowest BCUT2D eigenvalue weighted by molar-refractivity contribution is -0.119. The van der Waals surface area contributed by atoms with Gasteiger partial charge in [0, 0.05) is 5.56 Å². The van der Waals surface area contributed by atoms with Gasteiger partial charge < -0.3 is 9.73 Å². The van der Waals surface area contributed by atoms with E-state index in [0.717, 1.165) is 23.1 Å². The normalized spacial score (nSPS) is 11.8. The number of aromatic nitrogens is 2. The molecule has 4 rings (SSSR count). The third kappa shape index (κ3) is 5.83. The van der Waals surface area contributed by atoms with E-state index in [1.165, 1.54) is 17.3 Å². The molecule has 6 heteroatoms. The fourth-order valence-corrected chi connectivity index (χ4v) is 3.89. The molecule has 1 N–H and O–H groups in total. The van der Waals surface area contributed by atoms with Crippen molar-refractivity contribution in [3.63, 3.8) is 0 Å². The number of hydrogen-bond donors (Lipinski definition) is 1. The number of amides is 1. The minimum atomic E-state index is -0.109. The van der Waals surface area contributed by atoms with Crippen molar-refractivity contribution in [2.24, 2.45) is 0 Å². The first-order chi connectivity index (χ1) is 15.2. The summed E-state index contributed by atoms with van der Waals surface area (Å²) in [5.74, 6) is 0.580. The Labute approximate surface area is 185 Å². The Hall–Kier alpha value is -3.38. The highest BCUT2D eigenvalue weighted by atomic mass is 32.2. The average molecular weight is 430 g/mol. The zero-order chi connectivity index (χ0) is 21.5. The second-order valence-electron chi connectivity index (χ2n) is 7.25. The van der Waals surface area contributed by atoms with Crippen LogP contribution in [0.25, 0.3) is 11.5 Å². The Kier molecular flexibility index (Phi) is 6.79. The lowest BCUT2D eigenvalue weighted by Gasteiger charge is -2.19. The number of rotatable bonds is 8. The van der Waals surface area contributed by atoms with Crippen molar-refractivity contribution >= 4 is 17.7 Å². The molecule has 0 fully saturated rings. The van der Waals surface area contributed by atoms with Gasteiger partial charge in [-0.25, -0.2) is 0 Å². The Morgan fingerprint density at radius 3 is 2.45 bits per heavy atom. The van der Waals surface area contributed by atoms with Crippen LogP contribution >= 0.6 is 11.8 Å². The number of nitrogens with one attached hydrogen (secondary N) is 1. The first kappa shape index (κ1) is 20.9. The smallest absolute Gasteiger partial charge is 0.277 e. The quantitative estimate of drug-likeness (QED) is 0.388. The van der Waals surface area contributed by atoms with E-state index >= 15 is 0 Å². The molecule has 156 valence electrons. The van der Waals surface area contributed by atoms with E-state index in [1.54, 1.807) is 0 Å². The zero-order valence-corrected chi connectivity index (χ0v) is 18.0. The molecule has 1 amide bonds. The van der Waals surface area contributed by atoms with Crippen LogP contribution in [0.3, 0.4) is 0 Å². The molecule has 0 saturated carbocycles. The van der Waals surface area contributed by atoms with E-state index < -0.39 is 0 Å². The van der Waals surface area contributed by atoms with Crippen molar-refractivity contribution in [3.05, 3.63) is 102 Å². The van der Waals surface area contributed by atoms with Crippen LogP contribution in [0.15, 0.2) is 94.6 Å². The fraction of sp³-hybridized carbons (Fsp3) is 0.160. The van der Waals surface area contributed by atoms with Gasteiger partial charge in [0.15, 0.2) is 0 Å². The SMILES string of the molecule is Cc1cccc(-c2nnc(SCC(=O)NC(Cc3ccccc3)c3ccccc3)o2)c1. The van der Waals surface area contributed by atoms with Crippen LogP contribution in [0.1, 0.15) is 22.7 Å². The molecule has 1 heterocycles. The predicted octanol–water partition coefficient (Wildman–Crippen LogP) is 5.24. The van der Waals surface area contributed by atoms with Crippen LogP contribution < -0.4 is 5.32 Å². The van der Waals surface area contributed by atoms with E-state index in [2.05, 4.69) is 27.6 Å². The second kappa shape index (κ2) is 10.1. The van der Waals surface area contributed by atoms with E-state index in [1.807, 2.05) is 79.7 Å². The molecule has 0 aliphatic carbocycles. The number of carbonyl (C=O) groups excluding carboxylic acids is 1. The topological polar surface area (TPSA) is 68.0 Å². The number of aryl methyl sites for hydroxylation is 1. The molecule has 0 saturated heterocycles. The number of carbonyl (C=O) groups is 1. The summed E-state index contributed by atoms with van der Waals surface area (Å²) in [5.41, 5.74) is 4.23. The lowest BCUT2D eigenvalue weighted by atomic mass is 9.99. The van der Waals surface area contributed by atoms with Crippen molar-refractivity contribution in [1.29, 1.82) is 0 Å². The summed E-state index contributed by atoms with van der Waals surface area (Å²) >= 11 is 1.24. The van der Waals surface area contributed by atoms with Gasteiger partial charge in [-0.05, 0) is 36.6 Å². The van der Waals surface area contributed by atoms with Crippen LogP contribution in [0, 0.1) is 6.92 Å². The predicted molar refractivity (Wildman–Crippen MR) is 123 cm³/mol. The summed E-state index contributed by atoms with van der Waals surface area (Å²) in [4.78, 5) is 12.7. The summed E-state index contributed by atoms with van der Waals surface area (Å²) in [7, 11) is 0. The maximum Gasteiger partial charge on any atom is 0.277 e. The average Bonchev–Trinajstić information content (AvgIpc) is 3.28. The largest absolute Gasteiger partial charge is 0.411 e. The van der Waals surface area contributed by atoms with E-state index in [9.17, 15) is 4.79 Å². The Morgan fingerprint density at radius 1 is 0.968 bits per heavy atom. The minimum Gasteiger partial charge on any atom is -0.411 e. The fourth-order valence-electron chi connectivity index (χ4n) is 3.31. The standard InChI is InChI=1S/C25H23N3O2S/c1-18-9-8-14-21(15-18)24-27-28-25(30-24)31-17-23(29)26-22(20-12-6-3-7-13-20)16-19-10-4-2-5-11-19/h2-15,22H,16-17H2,1H3,(H,26,29). The molecule has 1 atom stereocenters. The van der Waals surface area contributed by atoms with Gasteiger partial charge in [-0.3, -0.25) is 4.79 Å². The third-order valence-corrected chi connectivity index (χ3v) is 5.64. The number of benzene rings is 3. The highest BCUT2D eigenvalue weighted by Gasteiger charge is 2.17.